The van der Waals surface area contributed by atoms with Crippen molar-refractivity contribution in [3.05, 3.63) is 0 Å². The minimum atomic E-state index is -6.90. The zero-order valence-electron chi connectivity index (χ0n) is 69.5. The van der Waals surface area contributed by atoms with Crippen LogP contribution in [0.25, 0.3) is 0 Å². The van der Waals surface area contributed by atoms with Crippen LogP contribution in [0.2, 0.25) is 0 Å². The molecule has 890 valence electrons. The van der Waals surface area contributed by atoms with Gasteiger partial charge in [-0.15, -0.1) is 0 Å². The van der Waals surface area contributed by atoms with Gasteiger partial charge in [-0.1, -0.05) is 0 Å². The van der Waals surface area contributed by atoms with Crippen molar-refractivity contribution in [2.45, 2.75) is 184 Å². The van der Waals surface area contributed by atoms with Gasteiger partial charge >= 0.3 is 208 Å². The summed E-state index contributed by atoms with van der Waals surface area (Å²) in [5.74, 6) is 0. The summed E-state index contributed by atoms with van der Waals surface area (Å²) in [6, 6.07) is 0. The van der Waals surface area contributed by atoms with E-state index in [4.69, 9.17) is 56.8 Å². The van der Waals surface area contributed by atoms with Gasteiger partial charge in [0.2, 0.25) is 0 Å². The zero-order chi connectivity index (χ0) is 116. The van der Waals surface area contributed by atoms with E-state index in [1.54, 1.807) is 0 Å². The lowest BCUT2D eigenvalue weighted by atomic mass is 9.96. The quantitative estimate of drug-likeness (QED) is 0.0199. The van der Waals surface area contributed by atoms with Gasteiger partial charge in [-0.05, 0) is 0 Å². The Morgan fingerprint density at radius 3 is 0.373 bits per heavy atom. The van der Waals surface area contributed by atoms with Crippen LogP contribution in [-0.2, 0) is 348 Å². The third kappa shape index (κ3) is 49.6. The van der Waals surface area contributed by atoms with E-state index in [1.165, 1.54) is 0 Å². The van der Waals surface area contributed by atoms with E-state index >= 15 is 0 Å². The van der Waals surface area contributed by atoms with Gasteiger partial charge in [-0.2, -0.15) is 168 Å². The van der Waals surface area contributed by atoms with E-state index in [2.05, 4.69) is 83.7 Å². The summed E-state index contributed by atoms with van der Waals surface area (Å²) in [6.07, 6.45) is -113. The fourth-order valence-electron chi connectivity index (χ4n) is 12.8. The molecule has 0 aromatic heterocycles. The first-order valence-electron chi connectivity index (χ1n) is 35.4. The van der Waals surface area contributed by atoms with Crippen LogP contribution in [-0.4, -0.2) is 497 Å². The minimum Gasteiger partial charge on any atom is -0.347 e. The fraction of sp³-hybridized carbons (Fsp3) is 1.00. The van der Waals surface area contributed by atoms with E-state index < -0.39 is 445 Å². The summed E-state index contributed by atoms with van der Waals surface area (Å²) in [5, 5.41) is 0. The standard InChI is InChI=1S/C38H66O92S20/c39-131(40,41)101-3-9-15(113-35-29(127-147(87,88)89)23(121-141(69,70)71)17(11(109-35)5-103-133(45,46)47)115-37-31(129-149(93,94)95)25(123-143(75,76)77)19(117-137(57,58)59)13(111-37)7-105-135(51,52)53)21(119-139(63,64)65)27(125-145(81,82)83)33(107-9)99-1-2-100-34-28(126-146(84,85)86)22(120-140(66,67)68)16(10(108-34)4-102-132(42,43)44)114-36-30(128-148(90,91)92)24(122-142(72,73)74)18(12(110-36)6-104-134(48,49)50)116-38-32(130-150(96,97)98)26(124-144(78,79)80)20(118-138(60,61)62)14(112-38)8-106-136(54,55)56/h9-38H,1-8H2,(H,39,40,41)(H,42,43,44)(H,45,46,47)(H,48,49,50)(H,51,52,53)(H,54,55,56)(H,57,58,59)(H,60,61,62)(H,63,64,65)(H,66,67,68)(H,69,70,71)(H,72,73,74)(H,75,76,77)(H,78,79,80)(H,81,82,83)(H,84,85,86)(H,87,88,89)(H,90,91,92)(H,93,94,95)(H,96,97,98)/t9-,10-,11-,12-,13-,14-,15-,16-,17-,18-,19-,20-,21+,22+,23+,24+,25+,26+,27-,28-,29-,30-,31-,32-,33-,34?,35-,36-,37-,38-/m1/s1. The highest BCUT2D eigenvalue weighted by molar-refractivity contribution is 7.85. The Kier molecular flexibility index (Phi) is 45.4. The molecule has 112 heteroatoms. The van der Waals surface area contributed by atoms with Gasteiger partial charge in [0.25, 0.3) is 0 Å². The van der Waals surface area contributed by atoms with E-state index in [0.717, 1.165) is 0 Å². The average molecular weight is 2640 g/mol. The Balaban J connectivity index is 1.58. The predicted octanol–water partition coefficient (Wildman–Crippen LogP) is -17.5. The van der Waals surface area contributed by atoms with Crippen LogP contribution in [0.15, 0.2) is 0 Å². The van der Waals surface area contributed by atoms with Crippen LogP contribution in [0.4, 0.5) is 0 Å². The average Bonchev–Trinajstić information content (AvgIpc) is 0.750. The second kappa shape index (κ2) is 50.3. The van der Waals surface area contributed by atoms with Gasteiger partial charge in [-0.25, -0.2) is 83.7 Å². The zero-order valence-corrected chi connectivity index (χ0v) is 85.8. The minimum absolute atomic E-state index is 2.05. The molecule has 0 aromatic rings. The summed E-state index contributed by atoms with van der Waals surface area (Å²) in [6.45, 7) is -18.5. The van der Waals surface area contributed by atoms with Crippen molar-refractivity contribution in [2.75, 3.05) is 52.9 Å². The highest BCUT2D eigenvalue weighted by Gasteiger charge is 2.65. The summed E-state index contributed by atoms with van der Waals surface area (Å²) < 4.78 is 846. The molecule has 6 aliphatic heterocycles. The second-order valence-corrected chi connectivity index (χ2v) is 48.7. The van der Waals surface area contributed by atoms with Crippen molar-refractivity contribution in [1.82, 2.24) is 0 Å². The first-order chi connectivity index (χ1) is 66.7. The molecule has 0 saturated carbocycles. The third-order valence-electron chi connectivity index (χ3n) is 16.9. The van der Waals surface area contributed by atoms with Crippen molar-refractivity contribution >= 4 is 208 Å². The molecule has 20 N–H and O–H groups in total. The van der Waals surface area contributed by atoms with Gasteiger partial charge in [0, 0.05) is 0 Å². The summed E-state index contributed by atoms with van der Waals surface area (Å²) in [7, 11) is -132. The first kappa shape index (κ1) is 136. The number of rotatable bonds is 59. The predicted molar refractivity (Wildman–Crippen MR) is 418 cm³/mol. The van der Waals surface area contributed by atoms with Crippen molar-refractivity contribution in [2.24, 2.45) is 0 Å². The molecule has 0 bridgehead atoms. The molecular formula is C38H66O92S20. The smallest absolute Gasteiger partial charge is 0.347 e. The van der Waals surface area contributed by atoms with Crippen molar-refractivity contribution in [1.29, 1.82) is 0 Å². The van der Waals surface area contributed by atoms with Crippen LogP contribution in [0.1, 0.15) is 0 Å². The van der Waals surface area contributed by atoms with Gasteiger partial charge in [0.1, 0.15) is 110 Å². The number of hydrogen-bond donors (Lipinski definition) is 20. The van der Waals surface area contributed by atoms with E-state index in [0.29, 0.717) is 0 Å². The van der Waals surface area contributed by atoms with E-state index in [9.17, 15) is 259 Å². The fourth-order valence-corrected chi connectivity index (χ4v) is 21.5. The third-order valence-corrected chi connectivity index (χ3v) is 26.0. The van der Waals surface area contributed by atoms with Crippen molar-refractivity contribution < 1.29 is 400 Å². The van der Waals surface area contributed by atoms with Crippen molar-refractivity contribution in [3.63, 3.8) is 0 Å². The molecule has 1 unspecified atom stereocenters. The largest absolute Gasteiger partial charge is 0.397 e. The normalized spacial score (nSPS) is 32.6. The van der Waals surface area contributed by atoms with Crippen LogP contribution in [0, 0.1) is 0 Å². The molecule has 92 nitrogen and oxygen atoms in total. The molecule has 0 spiro atoms. The SMILES string of the molecule is O=S(=O)(O)OC[C@H]1O[C@@H](OCCOC2O[C@H](COS(=O)(=O)O)[C@@H](O[C@H]3O[C@H](COS(=O)(=O)O)[C@@H](O[C@H]4O[C@H](COS(=O)(=O)O)[C@@H](OS(=O)(=O)O)[C@H](OS(=O)(=O)O)[C@H]4OS(=O)(=O)O)[C@H](OS(=O)(=O)O)[C@H]3OS(=O)(=O)O)[C@H](OS(=O)(=O)O)[C@H]2OS(=O)(=O)O)[C@H](OS(=O)(=O)O)[C@@H](OS(=O)(=O)O)[C@@H]1O[C@H]1O[C@H](COS(=O)(=O)O)[C@@H](O[C@H]2O[C@H](COS(=O)(=O)O)[C@@H](OS(=O)(=O)O)[C@H](OS(=O)(=O)O)[C@H]2OS(=O)(=O)O)[C@H](OS(=O)(=O)O)[C@H]1OS(=O)(=O)O. The van der Waals surface area contributed by atoms with Gasteiger partial charge in [0.05, 0.1) is 52.9 Å². The molecule has 6 fully saturated rings. The monoisotopic (exact) mass is 2630 g/mol. The molecule has 0 radical (unpaired) electrons. The molecule has 0 amide bonds. The topological polar surface area (TPSA) is 1380 Å². The van der Waals surface area contributed by atoms with Crippen LogP contribution in [0.3, 0.4) is 0 Å². The van der Waals surface area contributed by atoms with Gasteiger partial charge in [-0.3, -0.25) is 91.1 Å². The van der Waals surface area contributed by atoms with Gasteiger partial charge in [0.15, 0.2) is 74.4 Å². The molecule has 6 heterocycles. The lowest BCUT2D eigenvalue weighted by Crippen LogP contribution is -2.69. The molecule has 0 aliphatic carbocycles. The molecule has 6 saturated heterocycles. The van der Waals surface area contributed by atoms with Gasteiger partial charge < -0.3 is 56.8 Å². The molecule has 6 rings (SSSR count). The Morgan fingerprint density at radius 2 is 0.240 bits per heavy atom. The molecule has 0 aromatic carbocycles. The maximum absolute atomic E-state index is 13.0. The summed E-state index contributed by atoms with van der Waals surface area (Å²) in [4.78, 5) is 0. The summed E-state index contributed by atoms with van der Waals surface area (Å²) in [5.41, 5.74) is 0. The molecule has 6 aliphatic rings. The number of hydrogen-bond acceptors (Lipinski definition) is 72. The first-order valence-corrected chi connectivity index (χ1v) is 62.7. The maximum atomic E-state index is 13.0. The maximum Gasteiger partial charge on any atom is 0.397 e. The highest BCUT2D eigenvalue weighted by Crippen LogP contribution is 2.44. The lowest BCUT2D eigenvalue weighted by molar-refractivity contribution is -0.372. The Morgan fingerprint density at radius 1 is 0.133 bits per heavy atom. The van der Waals surface area contributed by atoms with Crippen LogP contribution < -0.4 is 0 Å². The second-order valence-electron chi connectivity index (χ2n) is 27.5. The van der Waals surface area contributed by atoms with Crippen LogP contribution in [0.5, 0.6) is 0 Å². The molecule has 30 atom stereocenters. The Labute approximate surface area is 839 Å². The number of ether oxygens (including phenoxy) is 12. The Hall–Kier alpha value is -3.08. The Bertz CT molecular complexity index is 6770. The molecular weight excluding hydrogens is 2570 g/mol. The van der Waals surface area contributed by atoms with Crippen LogP contribution >= 0.6 is 0 Å². The summed E-state index contributed by atoms with van der Waals surface area (Å²) >= 11 is 0. The molecule has 150 heavy (non-hydrogen) atoms. The van der Waals surface area contributed by atoms with Crippen molar-refractivity contribution in [3.8, 4) is 0 Å². The van der Waals surface area contributed by atoms with E-state index in [1.807, 2.05) is 0 Å². The van der Waals surface area contributed by atoms with E-state index in [-0.39, 0.29) is 0 Å². The lowest BCUT2D eigenvalue weighted by Gasteiger charge is -2.50. The highest BCUT2D eigenvalue weighted by atomic mass is 32.3.